The topological polar surface area (TPSA) is 93.1 Å². The van der Waals surface area contributed by atoms with Crippen molar-refractivity contribution in [1.29, 1.82) is 0 Å². The summed E-state index contributed by atoms with van der Waals surface area (Å²) < 4.78 is 10.6. The fourth-order valence-corrected chi connectivity index (χ4v) is 4.32. The number of carbonyl (C=O) groups is 3. The molecule has 2 aromatic carbocycles. The first kappa shape index (κ1) is 19.8. The first-order chi connectivity index (χ1) is 13.4. The van der Waals surface area contributed by atoms with Crippen LogP contribution in [0.15, 0.2) is 53.4 Å². The zero-order valence-corrected chi connectivity index (χ0v) is 16.1. The lowest BCUT2D eigenvalue weighted by molar-refractivity contribution is -0.153. The molecule has 0 radical (unpaired) electrons. The Bertz CT molecular complexity index is 898. The van der Waals surface area contributed by atoms with E-state index in [1.807, 2.05) is 12.1 Å². The van der Waals surface area contributed by atoms with Crippen LogP contribution in [-0.4, -0.2) is 42.7 Å². The molecule has 3 rings (SSSR count). The van der Waals surface area contributed by atoms with Gasteiger partial charge in [0.25, 0.3) is 5.91 Å². The smallest absolute Gasteiger partial charge is 0.323 e. The molecule has 0 aliphatic carbocycles. The van der Waals surface area contributed by atoms with E-state index in [1.54, 1.807) is 43.5 Å². The average molecular weight is 401 g/mol. The van der Waals surface area contributed by atoms with E-state index >= 15 is 0 Å². The van der Waals surface area contributed by atoms with Gasteiger partial charge < -0.3 is 14.6 Å². The third-order valence-electron chi connectivity index (χ3n) is 4.23. The molecule has 1 aliphatic heterocycles. The molecule has 0 bridgehead atoms. The maximum Gasteiger partial charge on any atom is 0.323 e. The second kappa shape index (κ2) is 8.35. The van der Waals surface area contributed by atoms with Crippen LogP contribution in [0.2, 0.25) is 0 Å². The molecular formula is C20H19NO6S. The summed E-state index contributed by atoms with van der Waals surface area (Å²) in [6.07, 6.45) is -1.16. The van der Waals surface area contributed by atoms with Crippen molar-refractivity contribution >= 4 is 35.3 Å². The number of para-hydroxylation sites is 1. The number of aliphatic carboxylic acids is 1. The first-order valence-corrected chi connectivity index (χ1v) is 9.38. The van der Waals surface area contributed by atoms with Gasteiger partial charge in [-0.05, 0) is 29.8 Å². The minimum Gasteiger partial charge on any atom is -0.497 e. The number of amides is 1. The third kappa shape index (κ3) is 4.12. The van der Waals surface area contributed by atoms with Gasteiger partial charge in [0.15, 0.2) is 6.10 Å². The number of hydrogen-bond acceptors (Lipinski definition) is 6. The van der Waals surface area contributed by atoms with Crippen LogP contribution in [0.25, 0.3) is 0 Å². The largest absolute Gasteiger partial charge is 0.497 e. The van der Waals surface area contributed by atoms with E-state index in [2.05, 4.69) is 0 Å². The van der Waals surface area contributed by atoms with Crippen molar-refractivity contribution in [2.45, 2.75) is 23.2 Å². The van der Waals surface area contributed by atoms with Crippen molar-refractivity contribution in [1.82, 2.24) is 0 Å². The number of rotatable bonds is 5. The summed E-state index contributed by atoms with van der Waals surface area (Å²) in [5.74, 6) is -1.68. The Hall–Kier alpha value is -3.00. The van der Waals surface area contributed by atoms with E-state index in [9.17, 15) is 19.5 Å². The van der Waals surface area contributed by atoms with Crippen molar-refractivity contribution < 1.29 is 29.0 Å². The zero-order valence-electron chi connectivity index (χ0n) is 15.3. The van der Waals surface area contributed by atoms with Crippen LogP contribution in [0.4, 0.5) is 5.69 Å². The van der Waals surface area contributed by atoms with Gasteiger partial charge in [-0.1, -0.05) is 24.3 Å². The van der Waals surface area contributed by atoms with E-state index in [1.165, 1.54) is 18.7 Å². The molecule has 1 amide bonds. The van der Waals surface area contributed by atoms with Crippen molar-refractivity contribution in [2.75, 3.05) is 18.6 Å². The molecular weight excluding hydrogens is 382 g/mol. The van der Waals surface area contributed by atoms with Gasteiger partial charge in [0.1, 0.15) is 12.3 Å². The van der Waals surface area contributed by atoms with E-state index in [0.29, 0.717) is 11.4 Å². The van der Waals surface area contributed by atoms with Crippen LogP contribution < -0.4 is 9.64 Å². The number of ether oxygens (including phenoxy) is 2. The van der Waals surface area contributed by atoms with Gasteiger partial charge in [0.05, 0.1) is 18.0 Å². The van der Waals surface area contributed by atoms with Crippen molar-refractivity contribution in [3.05, 3.63) is 54.1 Å². The predicted molar refractivity (Wildman–Crippen MR) is 104 cm³/mol. The Balaban J connectivity index is 2.10. The number of hydrogen-bond donors (Lipinski definition) is 1. The summed E-state index contributed by atoms with van der Waals surface area (Å²) in [6, 6.07) is 14.2. The number of benzene rings is 2. The molecule has 1 heterocycles. The number of nitrogens with zero attached hydrogens (tertiary/aromatic N) is 1. The maximum absolute atomic E-state index is 13.2. The van der Waals surface area contributed by atoms with Gasteiger partial charge >= 0.3 is 11.9 Å². The molecule has 7 nitrogen and oxygen atoms in total. The minimum absolute atomic E-state index is 0.480. The lowest BCUT2D eigenvalue weighted by atomic mass is 10.1. The number of carboxylic acids is 1. The van der Waals surface area contributed by atoms with Gasteiger partial charge in [0.2, 0.25) is 0 Å². The van der Waals surface area contributed by atoms with Crippen LogP contribution in [0.5, 0.6) is 5.75 Å². The van der Waals surface area contributed by atoms with E-state index in [-0.39, 0.29) is 0 Å². The monoisotopic (exact) mass is 401 g/mol. The second-order valence-corrected chi connectivity index (χ2v) is 7.31. The van der Waals surface area contributed by atoms with Gasteiger partial charge in [-0.15, -0.1) is 11.8 Å². The van der Waals surface area contributed by atoms with E-state index in [4.69, 9.17) is 9.47 Å². The number of carboxylic acid groups (broad SMARTS) is 1. The molecule has 1 N–H and O–H groups in total. The van der Waals surface area contributed by atoms with Crippen LogP contribution in [0.1, 0.15) is 17.7 Å². The fraction of sp³-hybridized carbons (Fsp3) is 0.250. The zero-order chi connectivity index (χ0) is 20.3. The maximum atomic E-state index is 13.2. The second-order valence-electron chi connectivity index (χ2n) is 6.13. The minimum atomic E-state index is -1.16. The lowest BCUT2D eigenvalue weighted by Gasteiger charge is -2.26. The number of methoxy groups -OCH3 is 1. The van der Waals surface area contributed by atoms with Gasteiger partial charge in [-0.3, -0.25) is 19.3 Å². The summed E-state index contributed by atoms with van der Waals surface area (Å²) >= 11 is 1.36. The van der Waals surface area contributed by atoms with Gasteiger partial charge in [-0.25, -0.2) is 0 Å². The van der Waals surface area contributed by atoms with Crippen LogP contribution >= 0.6 is 11.8 Å². The highest BCUT2D eigenvalue weighted by Crippen LogP contribution is 2.46. The average Bonchev–Trinajstić information content (AvgIpc) is 2.78. The highest BCUT2D eigenvalue weighted by atomic mass is 32.2. The number of esters is 1. The standard InChI is InChI=1S/C20H19NO6S/c1-12(22)27-18-19(13-7-9-14(26-2)10-8-13)28-16-6-4-3-5-15(16)21(20(18)25)11-17(23)24/h3-10,18-19H,11H2,1-2H3,(H,23,24). The Morgan fingerprint density at radius 2 is 1.82 bits per heavy atom. The number of fused-ring (bicyclic) bond motifs is 1. The van der Waals surface area contributed by atoms with Crippen molar-refractivity contribution in [3.63, 3.8) is 0 Å². The summed E-state index contributed by atoms with van der Waals surface area (Å²) in [5, 5.41) is 8.75. The Kier molecular flexibility index (Phi) is 5.89. The number of carbonyl (C=O) groups excluding carboxylic acids is 2. The van der Waals surface area contributed by atoms with Crippen LogP contribution in [0.3, 0.4) is 0 Å². The van der Waals surface area contributed by atoms with Crippen LogP contribution in [-0.2, 0) is 19.1 Å². The van der Waals surface area contributed by atoms with Crippen molar-refractivity contribution in [3.8, 4) is 5.75 Å². The lowest BCUT2D eigenvalue weighted by Crippen LogP contribution is -2.44. The SMILES string of the molecule is COc1ccc(C2Sc3ccccc3N(CC(=O)O)C(=O)C2OC(C)=O)cc1. The molecule has 28 heavy (non-hydrogen) atoms. The molecule has 0 saturated carbocycles. The third-order valence-corrected chi connectivity index (χ3v) is 5.60. The molecule has 0 saturated heterocycles. The molecule has 8 heteroatoms. The summed E-state index contributed by atoms with van der Waals surface area (Å²) in [6.45, 7) is 0.700. The molecule has 0 aromatic heterocycles. The molecule has 146 valence electrons. The Morgan fingerprint density at radius 1 is 1.14 bits per heavy atom. The summed E-state index contributed by atoms with van der Waals surface area (Å²) in [4.78, 5) is 38.2. The first-order valence-electron chi connectivity index (χ1n) is 8.50. The fourth-order valence-electron chi connectivity index (χ4n) is 3.01. The molecule has 2 aromatic rings. The molecule has 1 aliphatic rings. The Labute approximate surface area is 166 Å². The van der Waals surface area contributed by atoms with Crippen molar-refractivity contribution in [2.24, 2.45) is 0 Å². The van der Waals surface area contributed by atoms with E-state index in [0.717, 1.165) is 15.4 Å². The molecule has 0 fully saturated rings. The number of anilines is 1. The van der Waals surface area contributed by atoms with Gasteiger partial charge in [0, 0.05) is 11.8 Å². The normalized spacial score (nSPS) is 18.8. The predicted octanol–water partition coefficient (Wildman–Crippen LogP) is 2.89. The Morgan fingerprint density at radius 3 is 2.43 bits per heavy atom. The highest BCUT2D eigenvalue weighted by Gasteiger charge is 2.41. The highest BCUT2D eigenvalue weighted by molar-refractivity contribution is 7.99. The number of thioether (sulfide) groups is 1. The molecule has 0 spiro atoms. The quantitative estimate of drug-likeness (QED) is 0.770. The summed E-state index contributed by atoms with van der Waals surface area (Å²) in [7, 11) is 1.56. The summed E-state index contributed by atoms with van der Waals surface area (Å²) in [5.41, 5.74) is 1.24. The van der Waals surface area contributed by atoms with Gasteiger partial charge in [-0.2, -0.15) is 0 Å². The molecule has 2 atom stereocenters. The molecule has 2 unspecified atom stereocenters. The van der Waals surface area contributed by atoms with Crippen LogP contribution in [0, 0.1) is 0 Å². The van der Waals surface area contributed by atoms with E-state index < -0.39 is 35.7 Å².